The van der Waals surface area contributed by atoms with Gasteiger partial charge in [0.05, 0.1) is 0 Å². The number of nitrogens with zero attached hydrogens (tertiary/aromatic N) is 1. The highest BCUT2D eigenvalue weighted by atomic mass is 16.2. The van der Waals surface area contributed by atoms with Gasteiger partial charge in [-0.3, -0.25) is 4.79 Å². The Balaban J connectivity index is 1.72. The van der Waals surface area contributed by atoms with Crippen molar-refractivity contribution in [2.24, 2.45) is 5.92 Å². The van der Waals surface area contributed by atoms with Crippen LogP contribution in [0.3, 0.4) is 0 Å². The number of benzene rings is 1. The third-order valence-corrected chi connectivity index (χ3v) is 4.48. The van der Waals surface area contributed by atoms with E-state index in [1.807, 2.05) is 0 Å². The summed E-state index contributed by atoms with van der Waals surface area (Å²) in [5, 5.41) is 3.34. The van der Waals surface area contributed by atoms with E-state index in [2.05, 4.69) is 41.4 Å². The molecule has 3 nitrogen and oxygen atoms in total. The topological polar surface area (TPSA) is 32.3 Å². The first-order valence-corrected chi connectivity index (χ1v) is 7.33. The fourth-order valence-corrected chi connectivity index (χ4v) is 3.31. The van der Waals surface area contributed by atoms with Crippen LogP contribution < -0.4 is 5.32 Å². The number of nitrogens with one attached hydrogen (secondary N) is 1. The van der Waals surface area contributed by atoms with Crippen LogP contribution in [0.25, 0.3) is 0 Å². The molecule has 0 spiro atoms. The second-order valence-electron chi connectivity index (χ2n) is 5.79. The molecule has 102 valence electrons. The van der Waals surface area contributed by atoms with Crippen molar-refractivity contribution < 1.29 is 4.79 Å². The maximum absolute atomic E-state index is 12.7. The van der Waals surface area contributed by atoms with Gasteiger partial charge in [0.2, 0.25) is 5.91 Å². The molecule has 1 aliphatic carbocycles. The van der Waals surface area contributed by atoms with E-state index in [9.17, 15) is 4.79 Å². The Morgan fingerprint density at radius 2 is 2.11 bits per heavy atom. The highest BCUT2D eigenvalue weighted by Gasteiger charge is 2.31. The standard InChI is InChI=1S/C16H22N2O/c1-12-11-17-8-9-18(12)16(19)15-7-6-13-4-2-3-5-14(13)10-15/h2-5,12,15,17H,6-11H2,1H3/t12-,15?/m1/s1. The zero-order valence-corrected chi connectivity index (χ0v) is 11.6. The van der Waals surface area contributed by atoms with Crippen molar-refractivity contribution in [1.29, 1.82) is 0 Å². The summed E-state index contributed by atoms with van der Waals surface area (Å²) in [5.41, 5.74) is 2.80. The third kappa shape index (κ3) is 2.52. The van der Waals surface area contributed by atoms with Crippen molar-refractivity contribution in [3.8, 4) is 0 Å². The van der Waals surface area contributed by atoms with Crippen LogP contribution in [-0.4, -0.2) is 36.5 Å². The van der Waals surface area contributed by atoms with Gasteiger partial charge < -0.3 is 10.2 Å². The molecule has 1 aromatic rings. The molecule has 1 heterocycles. The summed E-state index contributed by atoms with van der Waals surface area (Å²) in [4.78, 5) is 14.7. The number of fused-ring (bicyclic) bond motifs is 1. The number of rotatable bonds is 1. The Labute approximate surface area is 115 Å². The molecule has 1 amide bonds. The van der Waals surface area contributed by atoms with Crippen LogP contribution in [0, 0.1) is 5.92 Å². The van der Waals surface area contributed by atoms with Crippen molar-refractivity contribution >= 4 is 5.91 Å². The molecule has 0 saturated carbocycles. The largest absolute Gasteiger partial charge is 0.337 e. The highest BCUT2D eigenvalue weighted by Crippen LogP contribution is 2.27. The number of hydrogen-bond acceptors (Lipinski definition) is 2. The first kappa shape index (κ1) is 12.7. The van der Waals surface area contributed by atoms with E-state index in [1.54, 1.807) is 0 Å². The van der Waals surface area contributed by atoms with Crippen molar-refractivity contribution in [3.05, 3.63) is 35.4 Å². The molecule has 1 aromatic carbocycles. The Hall–Kier alpha value is -1.35. The van der Waals surface area contributed by atoms with Crippen LogP contribution in [0.5, 0.6) is 0 Å². The summed E-state index contributed by atoms with van der Waals surface area (Å²) in [6, 6.07) is 8.89. The minimum atomic E-state index is 0.190. The van der Waals surface area contributed by atoms with Crippen LogP contribution >= 0.6 is 0 Å². The number of amides is 1. The summed E-state index contributed by atoms with van der Waals surface area (Å²) in [5.74, 6) is 0.555. The SMILES string of the molecule is C[C@@H]1CNCCN1C(=O)C1CCc2ccccc2C1. The molecular formula is C16H22N2O. The van der Waals surface area contributed by atoms with Gasteiger partial charge in [-0.25, -0.2) is 0 Å². The van der Waals surface area contributed by atoms with Gasteiger partial charge >= 0.3 is 0 Å². The van der Waals surface area contributed by atoms with E-state index >= 15 is 0 Å². The average Bonchev–Trinajstić information content (AvgIpc) is 2.46. The molecule has 1 unspecified atom stereocenters. The second-order valence-corrected chi connectivity index (χ2v) is 5.79. The van der Waals surface area contributed by atoms with E-state index in [4.69, 9.17) is 0 Å². The smallest absolute Gasteiger partial charge is 0.226 e. The summed E-state index contributed by atoms with van der Waals surface area (Å²) >= 11 is 0. The van der Waals surface area contributed by atoms with Gasteiger partial charge in [-0.1, -0.05) is 24.3 Å². The molecule has 1 N–H and O–H groups in total. The number of hydrogen-bond donors (Lipinski definition) is 1. The van der Waals surface area contributed by atoms with Crippen LogP contribution in [0.4, 0.5) is 0 Å². The van der Waals surface area contributed by atoms with Crippen LogP contribution in [0.1, 0.15) is 24.5 Å². The minimum absolute atomic E-state index is 0.190. The predicted molar refractivity (Wildman–Crippen MR) is 76.0 cm³/mol. The van der Waals surface area contributed by atoms with Gasteiger partial charge in [0.1, 0.15) is 0 Å². The molecule has 1 aliphatic heterocycles. The predicted octanol–water partition coefficient (Wildman–Crippen LogP) is 1.61. The van der Waals surface area contributed by atoms with Gasteiger partial charge in [0, 0.05) is 31.6 Å². The molecule has 3 heteroatoms. The van der Waals surface area contributed by atoms with Crippen molar-refractivity contribution in [3.63, 3.8) is 0 Å². The highest BCUT2D eigenvalue weighted by molar-refractivity contribution is 5.80. The van der Waals surface area contributed by atoms with Crippen LogP contribution in [0.15, 0.2) is 24.3 Å². The summed E-state index contributed by atoms with van der Waals surface area (Å²) in [6.45, 7) is 4.85. The lowest BCUT2D eigenvalue weighted by Crippen LogP contribution is -2.54. The molecule has 1 fully saturated rings. The van der Waals surface area contributed by atoms with E-state index in [0.717, 1.165) is 38.9 Å². The quantitative estimate of drug-likeness (QED) is 0.830. The van der Waals surface area contributed by atoms with Gasteiger partial charge in [-0.15, -0.1) is 0 Å². The third-order valence-electron chi connectivity index (χ3n) is 4.48. The van der Waals surface area contributed by atoms with Gasteiger partial charge in [-0.2, -0.15) is 0 Å². The lowest BCUT2D eigenvalue weighted by Gasteiger charge is -2.37. The zero-order chi connectivity index (χ0) is 13.2. The first-order valence-electron chi connectivity index (χ1n) is 7.33. The molecule has 0 aromatic heterocycles. The molecule has 19 heavy (non-hydrogen) atoms. The van der Waals surface area contributed by atoms with E-state index < -0.39 is 0 Å². The Morgan fingerprint density at radius 3 is 2.89 bits per heavy atom. The number of piperazine rings is 1. The summed E-state index contributed by atoms with van der Waals surface area (Å²) in [6.07, 6.45) is 2.98. The van der Waals surface area contributed by atoms with E-state index in [0.29, 0.717) is 11.9 Å². The summed E-state index contributed by atoms with van der Waals surface area (Å²) in [7, 11) is 0. The van der Waals surface area contributed by atoms with Gasteiger partial charge in [0.25, 0.3) is 0 Å². The minimum Gasteiger partial charge on any atom is -0.337 e. The van der Waals surface area contributed by atoms with Crippen LogP contribution in [-0.2, 0) is 17.6 Å². The van der Waals surface area contributed by atoms with Crippen molar-refractivity contribution in [1.82, 2.24) is 10.2 Å². The first-order chi connectivity index (χ1) is 9.25. The second kappa shape index (κ2) is 5.33. The molecule has 0 radical (unpaired) electrons. The maximum Gasteiger partial charge on any atom is 0.226 e. The fourth-order valence-electron chi connectivity index (χ4n) is 3.31. The Bertz CT molecular complexity index is 472. The monoisotopic (exact) mass is 258 g/mol. The normalized spacial score (nSPS) is 26.9. The number of carbonyl (C=O) groups is 1. The Morgan fingerprint density at radius 1 is 1.32 bits per heavy atom. The molecule has 2 aliphatic rings. The lowest BCUT2D eigenvalue weighted by molar-refractivity contribution is -0.138. The zero-order valence-electron chi connectivity index (χ0n) is 11.6. The molecular weight excluding hydrogens is 236 g/mol. The number of carbonyl (C=O) groups excluding carboxylic acids is 1. The Kier molecular flexibility index (Phi) is 3.56. The van der Waals surface area contributed by atoms with E-state index in [1.165, 1.54) is 11.1 Å². The van der Waals surface area contributed by atoms with E-state index in [-0.39, 0.29) is 5.92 Å². The van der Waals surface area contributed by atoms with Crippen molar-refractivity contribution in [2.45, 2.75) is 32.2 Å². The molecule has 2 atom stereocenters. The van der Waals surface area contributed by atoms with Crippen molar-refractivity contribution in [2.75, 3.05) is 19.6 Å². The lowest BCUT2D eigenvalue weighted by atomic mass is 9.83. The van der Waals surface area contributed by atoms with Gasteiger partial charge in [0.15, 0.2) is 0 Å². The molecule has 3 rings (SSSR count). The van der Waals surface area contributed by atoms with Gasteiger partial charge in [-0.05, 0) is 37.3 Å². The number of aryl methyl sites for hydroxylation is 1. The average molecular weight is 258 g/mol. The fraction of sp³-hybridized carbons (Fsp3) is 0.562. The summed E-state index contributed by atoms with van der Waals surface area (Å²) < 4.78 is 0. The molecule has 0 bridgehead atoms. The maximum atomic E-state index is 12.7. The van der Waals surface area contributed by atoms with Crippen LogP contribution in [0.2, 0.25) is 0 Å². The molecule has 1 saturated heterocycles.